The van der Waals surface area contributed by atoms with Gasteiger partial charge in [-0.2, -0.15) is 0 Å². The fourth-order valence-electron chi connectivity index (χ4n) is 2.31. The fraction of sp³-hybridized carbons (Fsp3) is 0.188. The van der Waals surface area contributed by atoms with Crippen LogP contribution < -0.4 is 5.32 Å². The van der Waals surface area contributed by atoms with Crippen molar-refractivity contribution in [2.75, 3.05) is 18.8 Å². The summed E-state index contributed by atoms with van der Waals surface area (Å²) in [4.78, 5) is 48.0. The van der Waals surface area contributed by atoms with E-state index in [9.17, 15) is 24.5 Å². The minimum Gasteiger partial charge on any atom is -0.354 e. The van der Waals surface area contributed by atoms with Crippen LogP contribution in [0.25, 0.3) is 6.08 Å². The summed E-state index contributed by atoms with van der Waals surface area (Å²) in [6, 6.07) is 4.09. The average Bonchev–Trinajstić information content (AvgIpc) is 3.31. The predicted molar refractivity (Wildman–Crippen MR) is 114 cm³/mol. The smallest absolute Gasteiger partial charge is 0.293 e. The van der Waals surface area contributed by atoms with Gasteiger partial charge in [-0.25, -0.2) is 0 Å². The number of benzene rings is 1. The van der Waals surface area contributed by atoms with Crippen LogP contribution in [0.4, 0.5) is 10.5 Å². The van der Waals surface area contributed by atoms with Crippen molar-refractivity contribution in [3.63, 3.8) is 0 Å². The first kappa shape index (κ1) is 22.2. The van der Waals surface area contributed by atoms with Crippen LogP contribution in [0.1, 0.15) is 5.56 Å². The number of nitro groups is 1. The second kappa shape index (κ2) is 10.0. The molecule has 1 N–H and O–H groups in total. The summed E-state index contributed by atoms with van der Waals surface area (Å²) in [5, 5.41) is 20.6. The summed E-state index contributed by atoms with van der Waals surface area (Å²) < 4.78 is 0.670. The molecule has 3 amide bonds. The molecule has 2 aromatic rings. The summed E-state index contributed by atoms with van der Waals surface area (Å²) in [5.74, 6) is -0.641. The number of carbonyl (C=O) groups is 3. The van der Waals surface area contributed by atoms with E-state index in [4.69, 9.17) is 11.6 Å². The Balaban J connectivity index is 1.55. The van der Waals surface area contributed by atoms with E-state index in [1.165, 1.54) is 47.4 Å². The molecular weight excluding hydrogens is 474 g/mol. The lowest BCUT2D eigenvalue weighted by Crippen LogP contribution is -2.37. The maximum atomic E-state index is 12.5. The lowest BCUT2D eigenvalue weighted by atomic mass is 10.2. The van der Waals surface area contributed by atoms with Gasteiger partial charge in [0.05, 0.1) is 15.6 Å². The molecule has 1 aromatic carbocycles. The maximum absolute atomic E-state index is 12.5. The number of nitrogens with zero attached hydrogens (tertiary/aromatic N) is 4. The zero-order chi connectivity index (χ0) is 21.7. The Morgan fingerprint density at radius 2 is 2.20 bits per heavy atom. The van der Waals surface area contributed by atoms with Gasteiger partial charge >= 0.3 is 0 Å². The van der Waals surface area contributed by atoms with Gasteiger partial charge < -0.3 is 5.32 Å². The SMILES string of the molecule is O=C(CSc1nncs1)NCCN1C(=O)S/C(=C\c2ccc(Cl)c([N+](=O)[O-])c2)C1=O. The van der Waals surface area contributed by atoms with Crippen LogP contribution in [0.2, 0.25) is 5.02 Å². The minimum atomic E-state index is -0.628. The normalized spacial score (nSPS) is 15.1. The molecule has 156 valence electrons. The summed E-state index contributed by atoms with van der Waals surface area (Å²) in [7, 11) is 0. The van der Waals surface area contributed by atoms with E-state index in [0.717, 1.165) is 16.7 Å². The molecule has 1 saturated heterocycles. The highest BCUT2D eigenvalue weighted by molar-refractivity contribution is 8.18. The molecule has 0 atom stereocenters. The zero-order valence-corrected chi connectivity index (χ0v) is 18.1. The van der Waals surface area contributed by atoms with Crippen molar-refractivity contribution in [1.29, 1.82) is 0 Å². The number of hydrogen-bond donors (Lipinski definition) is 1. The molecule has 1 aliphatic heterocycles. The van der Waals surface area contributed by atoms with Crippen molar-refractivity contribution in [1.82, 2.24) is 20.4 Å². The second-order valence-corrected chi connectivity index (χ2v) is 9.10. The molecule has 10 nitrogen and oxygen atoms in total. The van der Waals surface area contributed by atoms with Crippen LogP contribution in [0.15, 0.2) is 33.0 Å². The van der Waals surface area contributed by atoms with Crippen LogP contribution >= 0.6 is 46.5 Å². The molecule has 1 aliphatic rings. The Hall–Kier alpha value is -2.48. The van der Waals surface area contributed by atoms with Crippen molar-refractivity contribution < 1.29 is 19.3 Å². The minimum absolute atomic E-state index is 0.0119. The number of nitro benzene ring substituents is 1. The molecule has 2 heterocycles. The number of hydrogen-bond acceptors (Lipinski definition) is 10. The fourth-order valence-corrected chi connectivity index (χ4v) is 4.68. The molecule has 0 aliphatic carbocycles. The number of nitrogens with one attached hydrogen (secondary N) is 1. The predicted octanol–water partition coefficient (Wildman–Crippen LogP) is 3.04. The highest BCUT2D eigenvalue weighted by Crippen LogP contribution is 2.33. The average molecular weight is 486 g/mol. The first-order chi connectivity index (χ1) is 14.3. The lowest BCUT2D eigenvalue weighted by Gasteiger charge is -2.12. The van der Waals surface area contributed by atoms with E-state index < -0.39 is 16.1 Å². The van der Waals surface area contributed by atoms with Gasteiger partial charge in [0.15, 0.2) is 4.34 Å². The van der Waals surface area contributed by atoms with Gasteiger partial charge in [-0.3, -0.25) is 29.4 Å². The van der Waals surface area contributed by atoms with Crippen molar-refractivity contribution in [3.8, 4) is 0 Å². The quantitative estimate of drug-likeness (QED) is 0.259. The lowest BCUT2D eigenvalue weighted by molar-refractivity contribution is -0.384. The summed E-state index contributed by atoms with van der Waals surface area (Å²) in [6.07, 6.45) is 1.39. The van der Waals surface area contributed by atoms with Crippen molar-refractivity contribution in [3.05, 3.63) is 49.3 Å². The molecule has 0 unspecified atom stereocenters. The van der Waals surface area contributed by atoms with Gasteiger partial charge in [-0.1, -0.05) is 40.8 Å². The maximum Gasteiger partial charge on any atom is 0.293 e. The number of imide groups is 1. The Labute approximate surface area is 187 Å². The number of carbonyl (C=O) groups excluding carboxylic acids is 3. The number of rotatable bonds is 8. The van der Waals surface area contributed by atoms with E-state index in [1.807, 2.05) is 0 Å². The van der Waals surface area contributed by atoms with E-state index in [2.05, 4.69) is 15.5 Å². The van der Waals surface area contributed by atoms with Gasteiger partial charge in [0.1, 0.15) is 10.5 Å². The molecule has 0 radical (unpaired) electrons. The summed E-state index contributed by atoms with van der Waals surface area (Å²) in [5.41, 5.74) is 1.65. The van der Waals surface area contributed by atoms with Gasteiger partial charge in [0, 0.05) is 19.2 Å². The Bertz CT molecular complexity index is 1030. The molecule has 3 rings (SSSR count). The number of amides is 3. The zero-order valence-electron chi connectivity index (χ0n) is 14.9. The number of thioether (sulfide) groups is 2. The van der Waals surface area contributed by atoms with Gasteiger partial charge in [0.2, 0.25) is 5.91 Å². The number of aromatic nitrogens is 2. The van der Waals surface area contributed by atoms with Crippen LogP contribution in [0, 0.1) is 10.1 Å². The highest BCUT2D eigenvalue weighted by atomic mass is 35.5. The standard InChI is InChI=1S/C16H12ClN5O5S3/c17-10-2-1-9(5-11(10)22(26)27)6-12-14(24)21(16(25)30-12)4-3-18-13(23)7-28-15-20-19-8-29-15/h1-2,5-6,8H,3-4,7H2,(H,18,23)/b12-6-. The molecule has 0 bridgehead atoms. The highest BCUT2D eigenvalue weighted by Gasteiger charge is 2.34. The van der Waals surface area contributed by atoms with E-state index >= 15 is 0 Å². The van der Waals surface area contributed by atoms with Gasteiger partial charge in [-0.05, 0) is 29.5 Å². The second-order valence-electron chi connectivity index (χ2n) is 5.64. The van der Waals surface area contributed by atoms with E-state index in [1.54, 1.807) is 5.51 Å². The summed E-state index contributed by atoms with van der Waals surface area (Å²) >= 11 is 9.07. The molecule has 1 aromatic heterocycles. The first-order valence-corrected chi connectivity index (χ1v) is 11.3. The van der Waals surface area contributed by atoms with Crippen LogP contribution in [-0.4, -0.2) is 55.9 Å². The van der Waals surface area contributed by atoms with Crippen LogP contribution in [0.5, 0.6) is 0 Å². The van der Waals surface area contributed by atoms with E-state index in [0.29, 0.717) is 9.90 Å². The third-order valence-corrected chi connectivity index (χ3v) is 6.75. The first-order valence-electron chi connectivity index (χ1n) is 8.20. The molecular formula is C16H12ClN5O5S3. The third-order valence-electron chi connectivity index (χ3n) is 3.66. The van der Waals surface area contributed by atoms with Gasteiger partial charge in [0.25, 0.3) is 16.8 Å². The van der Waals surface area contributed by atoms with Crippen LogP contribution in [-0.2, 0) is 9.59 Å². The summed E-state index contributed by atoms with van der Waals surface area (Å²) in [6.45, 7) is 0.116. The molecule has 1 fully saturated rings. The molecule has 0 spiro atoms. The van der Waals surface area contributed by atoms with Gasteiger partial charge in [-0.15, -0.1) is 10.2 Å². The molecule has 30 heavy (non-hydrogen) atoms. The number of halogens is 1. The van der Waals surface area contributed by atoms with Crippen molar-refractivity contribution in [2.24, 2.45) is 0 Å². The molecule has 14 heteroatoms. The third kappa shape index (κ3) is 5.56. The Morgan fingerprint density at radius 1 is 1.40 bits per heavy atom. The van der Waals surface area contributed by atoms with Crippen molar-refractivity contribution in [2.45, 2.75) is 4.34 Å². The monoisotopic (exact) mass is 485 g/mol. The Morgan fingerprint density at radius 3 is 2.90 bits per heavy atom. The van der Waals surface area contributed by atoms with Crippen molar-refractivity contribution >= 4 is 75.3 Å². The van der Waals surface area contributed by atoms with E-state index in [-0.39, 0.29) is 40.4 Å². The topological polar surface area (TPSA) is 135 Å². The van der Waals surface area contributed by atoms with Crippen LogP contribution in [0.3, 0.4) is 0 Å². The molecule has 0 saturated carbocycles. The largest absolute Gasteiger partial charge is 0.354 e. The Kier molecular flexibility index (Phi) is 7.42.